The average molecular weight is 305 g/mol. The van der Waals surface area contributed by atoms with E-state index in [2.05, 4.69) is 17.0 Å². The maximum atomic E-state index is 11.6. The van der Waals surface area contributed by atoms with Crippen molar-refractivity contribution in [1.29, 1.82) is 0 Å². The molecule has 0 unspecified atom stereocenters. The third-order valence-corrected chi connectivity index (χ3v) is 4.85. The van der Waals surface area contributed by atoms with Crippen LogP contribution in [0.4, 0.5) is 0 Å². The first-order chi connectivity index (χ1) is 10.6. The molecule has 0 radical (unpaired) electrons. The molecule has 1 aliphatic rings. The summed E-state index contributed by atoms with van der Waals surface area (Å²) >= 11 is 0. The molecule has 2 rings (SSSR count). The Kier molecular flexibility index (Phi) is 5.98. The highest BCUT2D eigenvalue weighted by Gasteiger charge is 2.47. The van der Waals surface area contributed by atoms with Gasteiger partial charge in [-0.2, -0.15) is 0 Å². The second-order valence-corrected chi connectivity index (χ2v) is 6.37. The summed E-state index contributed by atoms with van der Waals surface area (Å²) in [6.07, 6.45) is 3.17. The number of aliphatic hydroxyl groups is 1. The largest absolute Gasteiger partial charge is 0.481 e. The lowest BCUT2D eigenvalue weighted by atomic mass is 9.73. The first-order valence-electron chi connectivity index (χ1n) is 8.26. The van der Waals surface area contributed by atoms with Crippen LogP contribution in [0.25, 0.3) is 0 Å². The lowest BCUT2D eigenvalue weighted by Crippen LogP contribution is -2.54. The Hall–Kier alpha value is -1.39. The summed E-state index contributed by atoms with van der Waals surface area (Å²) in [6.45, 7) is 4.12. The van der Waals surface area contributed by atoms with E-state index in [1.165, 1.54) is 5.56 Å². The minimum absolute atomic E-state index is 0.473. The molecule has 0 amide bonds. The van der Waals surface area contributed by atoms with E-state index in [0.29, 0.717) is 19.4 Å². The van der Waals surface area contributed by atoms with Crippen LogP contribution < -0.4 is 0 Å². The molecule has 0 spiro atoms. The first-order valence-corrected chi connectivity index (χ1v) is 8.26. The number of aliphatic carboxylic acids is 1. The van der Waals surface area contributed by atoms with Gasteiger partial charge in [0.15, 0.2) is 0 Å². The zero-order valence-electron chi connectivity index (χ0n) is 13.4. The fraction of sp³-hybridized carbons (Fsp3) is 0.611. The van der Waals surface area contributed by atoms with Crippen LogP contribution in [0.3, 0.4) is 0 Å². The monoisotopic (exact) mass is 305 g/mol. The Labute approximate surface area is 132 Å². The van der Waals surface area contributed by atoms with E-state index >= 15 is 0 Å². The lowest BCUT2D eigenvalue weighted by Gasteiger charge is -2.42. The Morgan fingerprint density at radius 2 is 2.09 bits per heavy atom. The second-order valence-electron chi connectivity index (χ2n) is 6.37. The predicted molar refractivity (Wildman–Crippen MR) is 86.8 cm³/mol. The van der Waals surface area contributed by atoms with E-state index < -0.39 is 17.5 Å². The molecule has 0 bridgehead atoms. The molecule has 2 atom stereocenters. The average Bonchev–Trinajstić information content (AvgIpc) is 2.51. The van der Waals surface area contributed by atoms with Gasteiger partial charge in [-0.3, -0.25) is 4.79 Å². The Morgan fingerprint density at radius 1 is 1.36 bits per heavy atom. The fourth-order valence-corrected chi connectivity index (χ4v) is 3.48. The molecule has 1 aromatic rings. The van der Waals surface area contributed by atoms with Gasteiger partial charge < -0.3 is 15.1 Å². The van der Waals surface area contributed by atoms with Crippen molar-refractivity contribution in [1.82, 2.24) is 4.90 Å². The van der Waals surface area contributed by atoms with E-state index in [4.69, 9.17) is 0 Å². The molecule has 1 aliphatic heterocycles. The van der Waals surface area contributed by atoms with Crippen molar-refractivity contribution in [3.05, 3.63) is 35.9 Å². The molecule has 1 aromatic carbocycles. The zero-order valence-corrected chi connectivity index (χ0v) is 13.4. The Morgan fingerprint density at radius 3 is 2.68 bits per heavy atom. The van der Waals surface area contributed by atoms with E-state index in [1.807, 2.05) is 25.1 Å². The second kappa shape index (κ2) is 7.75. The van der Waals surface area contributed by atoms with Gasteiger partial charge in [0.25, 0.3) is 0 Å². The number of aliphatic hydroxyl groups excluding tert-OH is 1. The molecule has 0 aliphatic carbocycles. The summed E-state index contributed by atoms with van der Waals surface area (Å²) in [5.74, 6) is -0.842. The van der Waals surface area contributed by atoms with E-state index in [-0.39, 0.29) is 0 Å². The van der Waals surface area contributed by atoms with Gasteiger partial charge in [-0.05, 0) is 44.3 Å². The van der Waals surface area contributed by atoms with Crippen LogP contribution in [0.1, 0.15) is 38.2 Å². The Balaban J connectivity index is 1.83. The van der Waals surface area contributed by atoms with Gasteiger partial charge in [-0.25, -0.2) is 0 Å². The zero-order chi connectivity index (χ0) is 16.0. The number of nitrogens with zero attached hydrogens (tertiary/aromatic N) is 1. The smallest absolute Gasteiger partial charge is 0.312 e. The molecule has 1 saturated heterocycles. The summed E-state index contributed by atoms with van der Waals surface area (Å²) in [5, 5.41) is 19.9. The SMILES string of the molecule is CCC[C@]1(C(=O)O)CCN(CCCc2ccccc2)C[C@@H]1O. The molecular formula is C18H27NO3. The van der Waals surface area contributed by atoms with Gasteiger partial charge in [0.2, 0.25) is 0 Å². The number of β-amino-alcohol motifs (C(OH)–C–C–N with tert-alkyl or cyclic N) is 1. The van der Waals surface area contributed by atoms with Crippen molar-refractivity contribution >= 4 is 5.97 Å². The van der Waals surface area contributed by atoms with Gasteiger partial charge in [0.1, 0.15) is 0 Å². The van der Waals surface area contributed by atoms with E-state index in [0.717, 1.165) is 32.4 Å². The molecule has 4 heteroatoms. The normalized spacial score (nSPS) is 26.0. The lowest BCUT2D eigenvalue weighted by molar-refractivity contribution is -0.163. The van der Waals surface area contributed by atoms with E-state index in [1.54, 1.807) is 0 Å². The van der Waals surface area contributed by atoms with Gasteiger partial charge in [0.05, 0.1) is 11.5 Å². The summed E-state index contributed by atoms with van der Waals surface area (Å²) in [5.41, 5.74) is 0.385. The molecule has 122 valence electrons. The van der Waals surface area contributed by atoms with Crippen molar-refractivity contribution in [3.8, 4) is 0 Å². The topological polar surface area (TPSA) is 60.8 Å². The van der Waals surface area contributed by atoms with Gasteiger partial charge >= 0.3 is 5.97 Å². The number of piperidine rings is 1. The van der Waals surface area contributed by atoms with Gasteiger partial charge in [-0.1, -0.05) is 43.7 Å². The number of hydrogen-bond acceptors (Lipinski definition) is 3. The number of carboxylic acid groups (broad SMARTS) is 1. The van der Waals surface area contributed by atoms with Crippen LogP contribution in [0, 0.1) is 5.41 Å². The number of hydrogen-bond donors (Lipinski definition) is 2. The molecule has 0 aromatic heterocycles. The number of rotatable bonds is 7. The summed E-state index contributed by atoms with van der Waals surface area (Å²) < 4.78 is 0. The maximum Gasteiger partial charge on any atom is 0.312 e. The van der Waals surface area contributed by atoms with Crippen molar-refractivity contribution in [2.75, 3.05) is 19.6 Å². The van der Waals surface area contributed by atoms with Crippen LogP contribution in [-0.4, -0.2) is 46.8 Å². The van der Waals surface area contributed by atoms with Crippen molar-refractivity contribution in [2.24, 2.45) is 5.41 Å². The van der Waals surface area contributed by atoms with Crippen LogP contribution >= 0.6 is 0 Å². The van der Waals surface area contributed by atoms with Gasteiger partial charge in [-0.15, -0.1) is 0 Å². The third kappa shape index (κ3) is 3.87. The number of carboxylic acids is 1. The number of carbonyl (C=O) groups is 1. The number of aryl methyl sites for hydroxylation is 1. The van der Waals surface area contributed by atoms with E-state index in [9.17, 15) is 15.0 Å². The molecule has 0 saturated carbocycles. The third-order valence-electron chi connectivity index (χ3n) is 4.85. The molecule has 1 fully saturated rings. The highest BCUT2D eigenvalue weighted by Crippen LogP contribution is 2.36. The quantitative estimate of drug-likeness (QED) is 0.813. The van der Waals surface area contributed by atoms with Crippen LogP contribution in [0.5, 0.6) is 0 Å². The molecular weight excluding hydrogens is 278 g/mol. The van der Waals surface area contributed by atoms with Crippen molar-refractivity contribution in [3.63, 3.8) is 0 Å². The standard InChI is InChI=1S/C18H27NO3/c1-2-10-18(17(21)22)11-13-19(14-16(18)20)12-6-9-15-7-4-3-5-8-15/h3-5,7-8,16,20H,2,6,9-14H2,1H3,(H,21,22)/t16-,18-/m0/s1. The molecule has 4 nitrogen and oxygen atoms in total. The maximum absolute atomic E-state index is 11.6. The molecule has 1 heterocycles. The van der Waals surface area contributed by atoms with Crippen LogP contribution in [0.2, 0.25) is 0 Å². The molecule has 2 N–H and O–H groups in total. The van der Waals surface area contributed by atoms with Crippen molar-refractivity contribution in [2.45, 2.75) is 45.1 Å². The van der Waals surface area contributed by atoms with Gasteiger partial charge in [0, 0.05) is 6.54 Å². The van der Waals surface area contributed by atoms with Crippen LogP contribution in [0.15, 0.2) is 30.3 Å². The minimum Gasteiger partial charge on any atom is -0.481 e. The van der Waals surface area contributed by atoms with Crippen LogP contribution in [-0.2, 0) is 11.2 Å². The Bertz CT molecular complexity index is 476. The van der Waals surface area contributed by atoms with Crippen molar-refractivity contribution < 1.29 is 15.0 Å². The minimum atomic E-state index is -0.940. The number of benzene rings is 1. The fourth-order valence-electron chi connectivity index (χ4n) is 3.48. The number of likely N-dealkylation sites (tertiary alicyclic amines) is 1. The summed E-state index contributed by atoms with van der Waals surface area (Å²) in [7, 11) is 0. The summed E-state index contributed by atoms with van der Waals surface area (Å²) in [6, 6.07) is 10.4. The summed E-state index contributed by atoms with van der Waals surface area (Å²) in [4.78, 5) is 13.8. The predicted octanol–water partition coefficient (Wildman–Crippen LogP) is 2.56. The highest BCUT2D eigenvalue weighted by molar-refractivity contribution is 5.75. The highest BCUT2D eigenvalue weighted by atomic mass is 16.4. The molecule has 22 heavy (non-hydrogen) atoms. The first kappa shape index (κ1) is 17.0.